The van der Waals surface area contributed by atoms with Crippen LogP contribution in [0.1, 0.15) is 34.0 Å². The van der Waals surface area contributed by atoms with Gasteiger partial charge in [-0.05, 0) is 47.9 Å². The first-order valence-corrected chi connectivity index (χ1v) is 10.1. The number of fused-ring (bicyclic) bond motifs is 1. The lowest BCUT2D eigenvalue weighted by Crippen LogP contribution is -2.17. The first kappa shape index (κ1) is 20.2. The molecule has 0 unspecified atom stereocenters. The third kappa shape index (κ3) is 4.43. The summed E-state index contributed by atoms with van der Waals surface area (Å²) in [6.45, 7) is 2.94. The van der Waals surface area contributed by atoms with Gasteiger partial charge in [-0.2, -0.15) is 5.10 Å². The summed E-state index contributed by atoms with van der Waals surface area (Å²) in [5.74, 6) is -0.458. The van der Waals surface area contributed by atoms with Crippen molar-refractivity contribution >= 4 is 28.7 Å². The molecule has 1 heterocycles. The van der Waals surface area contributed by atoms with Crippen molar-refractivity contribution in [1.82, 2.24) is 9.99 Å². The molecular formula is C25H24N4O2. The number of aromatic hydroxyl groups is 1. The molecule has 4 aromatic rings. The molecule has 0 aliphatic heterocycles. The number of nitrogens with two attached hydrogens (primary N) is 1. The van der Waals surface area contributed by atoms with E-state index in [1.165, 1.54) is 29.3 Å². The lowest BCUT2D eigenvalue weighted by molar-refractivity contribution is 0.0955. The van der Waals surface area contributed by atoms with Gasteiger partial charge in [0.15, 0.2) is 0 Å². The number of hydrazone groups is 1. The number of phenols is 1. The van der Waals surface area contributed by atoms with Gasteiger partial charge in [0.25, 0.3) is 5.91 Å². The van der Waals surface area contributed by atoms with Crippen LogP contribution in [0.15, 0.2) is 78.0 Å². The maximum atomic E-state index is 12.2. The first-order valence-electron chi connectivity index (χ1n) is 10.1. The molecule has 0 radical (unpaired) electrons. The van der Waals surface area contributed by atoms with Crippen molar-refractivity contribution in [2.45, 2.75) is 19.9 Å². The van der Waals surface area contributed by atoms with Gasteiger partial charge in [0.1, 0.15) is 5.75 Å². The highest BCUT2D eigenvalue weighted by Gasteiger charge is 2.08. The zero-order chi connectivity index (χ0) is 21.8. The molecule has 0 bridgehead atoms. The van der Waals surface area contributed by atoms with Gasteiger partial charge in [-0.15, -0.1) is 0 Å². The molecule has 6 heteroatoms. The molecule has 6 nitrogen and oxygen atoms in total. The van der Waals surface area contributed by atoms with Crippen LogP contribution in [-0.2, 0) is 13.0 Å². The second kappa shape index (κ2) is 8.75. The van der Waals surface area contributed by atoms with Gasteiger partial charge in [-0.1, -0.05) is 43.3 Å². The van der Waals surface area contributed by atoms with E-state index in [9.17, 15) is 9.90 Å². The number of hydrogen-bond donors (Lipinski definition) is 3. The number of aromatic nitrogens is 1. The summed E-state index contributed by atoms with van der Waals surface area (Å²) in [7, 11) is 0. The predicted molar refractivity (Wildman–Crippen MR) is 124 cm³/mol. The van der Waals surface area contributed by atoms with Crippen LogP contribution in [0.2, 0.25) is 0 Å². The number of phenolic OH excluding ortho intramolecular Hbond substituents is 1. The molecule has 4 N–H and O–H groups in total. The molecule has 0 atom stereocenters. The first-order chi connectivity index (χ1) is 15.0. The molecule has 156 valence electrons. The second-order valence-electron chi connectivity index (χ2n) is 7.37. The number of nitrogens with one attached hydrogen (secondary N) is 1. The third-order valence-electron chi connectivity index (χ3n) is 5.29. The Morgan fingerprint density at radius 3 is 2.61 bits per heavy atom. The van der Waals surface area contributed by atoms with Gasteiger partial charge in [-0.25, -0.2) is 5.43 Å². The van der Waals surface area contributed by atoms with E-state index in [1.54, 1.807) is 6.21 Å². The van der Waals surface area contributed by atoms with Crippen LogP contribution >= 0.6 is 0 Å². The minimum absolute atomic E-state index is 0.0578. The number of carbonyl (C=O) groups is 1. The van der Waals surface area contributed by atoms with E-state index in [-0.39, 0.29) is 11.4 Å². The van der Waals surface area contributed by atoms with Crippen molar-refractivity contribution in [3.63, 3.8) is 0 Å². The number of nitrogens with zero attached hydrogens (tertiary/aromatic N) is 2. The monoisotopic (exact) mass is 412 g/mol. The number of amides is 1. The van der Waals surface area contributed by atoms with Crippen molar-refractivity contribution in [3.8, 4) is 5.75 Å². The van der Waals surface area contributed by atoms with Gasteiger partial charge in [0.05, 0.1) is 11.9 Å². The number of carbonyl (C=O) groups excluding carboxylic acids is 1. The molecular weight excluding hydrogens is 388 g/mol. The minimum atomic E-state index is -0.400. The van der Waals surface area contributed by atoms with E-state index >= 15 is 0 Å². The summed E-state index contributed by atoms with van der Waals surface area (Å²) in [5, 5.41) is 14.6. The van der Waals surface area contributed by atoms with E-state index in [4.69, 9.17) is 5.73 Å². The van der Waals surface area contributed by atoms with E-state index in [0.29, 0.717) is 5.56 Å². The van der Waals surface area contributed by atoms with Gasteiger partial charge in [0.2, 0.25) is 0 Å². The Morgan fingerprint density at radius 1 is 1.10 bits per heavy atom. The van der Waals surface area contributed by atoms with E-state index in [1.807, 2.05) is 12.1 Å². The maximum absolute atomic E-state index is 12.2. The van der Waals surface area contributed by atoms with Gasteiger partial charge in [0, 0.05) is 34.8 Å². The summed E-state index contributed by atoms with van der Waals surface area (Å²) in [6, 6.07) is 21.0. The Hall–Kier alpha value is -4.06. The molecule has 3 aromatic carbocycles. The number of benzene rings is 3. The number of hydrogen-bond acceptors (Lipinski definition) is 4. The Labute approximate surface area is 180 Å². The summed E-state index contributed by atoms with van der Waals surface area (Å²) < 4.78 is 2.20. The van der Waals surface area contributed by atoms with Crippen LogP contribution in [0.5, 0.6) is 5.75 Å². The Kier molecular flexibility index (Phi) is 5.71. The molecule has 0 saturated carbocycles. The lowest BCUT2D eigenvalue weighted by Gasteiger charge is -2.07. The maximum Gasteiger partial charge on any atom is 0.271 e. The standard InChI is InChI=1S/C25H24N4O2/c1-2-17-6-8-18(9-7-17)16-29-13-12-21-20(4-3-5-23(21)29)15-27-28-25(31)19-10-11-24(30)22(26)14-19/h3-15,30H,2,16,26H2,1H3,(H,28,31)/b27-15+. The number of aryl methyl sites for hydroxylation is 1. The van der Waals surface area contributed by atoms with Crippen molar-refractivity contribution in [2.24, 2.45) is 5.10 Å². The molecule has 0 aliphatic carbocycles. The fraction of sp³-hybridized carbons (Fsp3) is 0.120. The largest absolute Gasteiger partial charge is 0.506 e. The minimum Gasteiger partial charge on any atom is -0.506 e. The van der Waals surface area contributed by atoms with Crippen LogP contribution in [-0.4, -0.2) is 21.8 Å². The number of nitrogen functional groups attached to an aromatic ring is 1. The fourth-order valence-corrected chi connectivity index (χ4v) is 3.50. The third-order valence-corrected chi connectivity index (χ3v) is 5.29. The lowest BCUT2D eigenvalue weighted by atomic mass is 10.1. The Bertz CT molecular complexity index is 1260. The molecule has 1 aromatic heterocycles. The van der Waals surface area contributed by atoms with Crippen molar-refractivity contribution in [1.29, 1.82) is 0 Å². The van der Waals surface area contributed by atoms with Crippen molar-refractivity contribution in [2.75, 3.05) is 5.73 Å². The van der Waals surface area contributed by atoms with Crippen LogP contribution < -0.4 is 11.2 Å². The van der Waals surface area contributed by atoms with Crippen LogP contribution in [0.3, 0.4) is 0 Å². The van der Waals surface area contributed by atoms with Crippen molar-refractivity contribution < 1.29 is 9.90 Å². The quantitative estimate of drug-likeness (QED) is 0.191. The Balaban J connectivity index is 1.50. The smallest absolute Gasteiger partial charge is 0.271 e. The molecule has 4 rings (SSSR count). The van der Waals surface area contributed by atoms with E-state index < -0.39 is 5.91 Å². The molecule has 0 saturated heterocycles. The Morgan fingerprint density at radius 2 is 1.87 bits per heavy atom. The molecule has 0 aliphatic rings. The summed E-state index contributed by atoms with van der Waals surface area (Å²) in [6.07, 6.45) is 4.73. The normalized spacial score (nSPS) is 11.3. The van der Waals surface area contributed by atoms with Gasteiger partial charge in [-0.3, -0.25) is 4.79 Å². The number of anilines is 1. The topological polar surface area (TPSA) is 92.6 Å². The predicted octanol–water partition coefficient (Wildman–Crippen LogP) is 4.30. The van der Waals surface area contributed by atoms with Crippen LogP contribution in [0, 0.1) is 0 Å². The summed E-state index contributed by atoms with van der Waals surface area (Å²) in [5.41, 5.74) is 13.2. The van der Waals surface area contributed by atoms with Gasteiger partial charge >= 0.3 is 0 Å². The van der Waals surface area contributed by atoms with Crippen LogP contribution in [0.4, 0.5) is 5.69 Å². The average Bonchev–Trinajstić information content (AvgIpc) is 3.19. The molecule has 1 amide bonds. The highest BCUT2D eigenvalue weighted by Crippen LogP contribution is 2.21. The SMILES string of the molecule is CCc1ccc(Cn2ccc3c(/C=N/NC(=O)c4ccc(O)c(N)c4)cccc32)cc1. The van der Waals surface area contributed by atoms with Crippen molar-refractivity contribution in [3.05, 3.63) is 95.2 Å². The zero-order valence-corrected chi connectivity index (χ0v) is 17.2. The average molecular weight is 412 g/mol. The molecule has 0 spiro atoms. The second-order valence-corrected chi connectivity index (χ2v) is 7.37. The molecule has 31 heavy (non-hydrogen) atoms. The van der Waals surface area contributed by atoms with E-state index in [2.05, 4.69) is 64.6 Å². The fourth-order valence-electron chi connectivity index (χ4n) is 3.50. The highest BCUT2D eigenvalue weighted by atomic mass is 16.3. The van der Waals surface area contributed by atoms with Crippen LogP contribution in [0.25, 0.3) is 10.9 Å². The summed E-state index contributed by atoms with van der Waals surface area (Å²) in [4.78, 5) is 12.2. The van der Waals surface area contributed by atoms with Gasteiger partial charge < -0.3 is 15.4 Å². The zero-order valence-electron chi connectivity index (χ0n) is 17.2. The number of rotatable bonds is 6. The molecule has 0 fully saturated rings. The summed E-state index contributed by atoms with van der Waals surface area (Å²) >= 11 is 0. The van der Waals surface area contributed by atoms with E-state index in [0.717, 1.165) is 29.4 Å². The highest BCUT2D eigenvalue weighted by molar-refractivity contribution is 6.00.